The number of rotatable bonds is 7. The number of carbonyl (C=O) groups is 1. The van der Waals surface area contributed by atoms with E-state index in [-0.39, 0.29) is 18.2 Å². The molecule has 0 spiro atoms. The van der Waals surface area contributed by atoms with Gasteiger partial charge in [0.05, 0.1) is 9.40 Å². The smallest absolute Gasteiger partial charge is 0.303 e. The highest BCUT2D eigenvalue weighted by Gasteiger charge is 2.18. The highest BCUT2D eigenvalue weighted by atomic mass is 79.9. The van der Waals surface area contributed by atoms with Gasteiger partial charge in [-0.3, -0.25) is 14.9 Å². The van der Waals surface area contributed by atoms with Crippen molar-refractivity contribution in [3.63, 3.8) is 0 Å². The van der Waals surface area contributed by atoms with E-state index in [4.69, 9.17) is 5.11 Å². The van der Waals surface area contributed by atoms with Crippen LogP contribution in [0.2, 0.25) is 0 Å². The van der Waals surface area contributed by atoms with E-state index < -0.39 is 10.9 Å². The molecule has 0 aromatic carbocycles. The Morgan fingerprint density at radius 3 is 2.70 bits per heavy atom. The second-order valence-corrected chi connectivity index (χ2v) is 5.39. The molecule has 0 saturated carbocycles. The van der Waals surface area contributed by atoms with E-state index in [2.05, 4.69) is 20.9 Å². The van der Waals surface area contributed by atoms with Crippen molar-refractivity contribution in [3.05, 3.63) is 26.9 Å². The number of aliphatic carboxylic acids is 1. The molecule has 1 aromatic rings. The zero-order chi connectivity index (χ0) is 15.3. The average Bonchev–Trinajstić information content (AvgIpc) is 2.34. The van der Waals surface area contributed by atoms with E-state index in [1.54, 1.807) is 0 Å². The van der Waals surface area contributed by atoms with Gasteiger partial charge in [-0.1, -0.05) is 0 Å². The van der Waals surface area contributed by atoms with Gasteiger partial charge in [-0.2, -0.15) is 0 Å². The van der Waals surface area contributed by atoms with Crippen molar-refractivity contribution in [1.82, 2.24) is 4.98 Å². The van der Waals surface area contributed by atoms with Crippen LogP contribution < -0.4 is 4.90 Å². The van der Waals surface area contributed by atoms with Crippen LogP contribution in [0, 0.1) is 10.1 Å². The SMILES string of the molecule is CC(C)N(CCCC(=O)O)c1ncc([N+](=O)[O-])cc1Br. The molecule has 1 N–H and O–H groups in total. The van der Waals surface area contributed by atoms with Crippen molar-refractivity contribution in [2.75, 3.05) is 11.4 Å². The number of pyridine rings is 1. The predicted molar refractivity (Wildman–Crippen MR) is 77.9 cm³/mol. The molecule has 0 atom stereocenters. The molecule has 1 heterocycles. The summed E-state index contributed by atoms with van der Waals surface area (Å²) in [5.41, 5.74) is -0.0881. The van der Waals surface area contributed by atoms with Crippen LogP contribution in [0.4, 0.5) is 11.5 Å². The van der Waals surface area contributed by atoms with Gasteiger partial charge in [0.2, 0.25) is 0 Å². The van der Waals surface area contributed by atoms with Gasteiger partial charge < -0.3 is 10.0 Å². The largest absolute Gasteiger partial charge is 0.481 e. The fourth-order valence-electron chi connectivity index (χ4n) is 1.74. The Kier molecular flexibility index (Phi) is 5.87. The lowest BCUT2D eigenvalue weighted by Crippen LogP contribution is -2.33. The normalized spacial score (nSPS) is 10.6. The van der Waals surface area contributed by atoms with Gasteiger partial charge >= 0.3 is 5.97 Å². The minimum atomic E-state index is -0.843. The topological polar surface area (TPSA) is 96.6 Å². The van der Waals surface area contributed by atoms with Crippen LogP contribution in [0.1, 0.15) is 26.7 Å². The van der Waals surface area contributed by atoms with E-state index in [9.17, 15) is 14.9 Å². The first-order chi connectivity index (χ1) is 9.32. The molecule has 1 aromatic heterocycles. The van der Waals surface area contributed by atoms with E-state index in [1.165, 1.54) is 12.3 Å². The zero-order valence-electron chi connectivity index (χ0n) is 11.2. The van der Waals surface area contributed by atoms with E-state index in [0.29, 0.717) is 23.3 Å². The molecular weight excluding hydrogens is 330 g/mol. The maximum Gasteiger partial charge on any atom is 0.303 e. The molecular formula is C12H16BrN3O4. The van der Waals surface area contributed by atoms with Crippen LogP contribution >= 0.6 is 15.9 Å². The summed E-state index contributed by atoms with van der Waals surface area (Å²) in [7, 11) is 0. The molecule has 0 fully saturated rings. The second-order valence-electron chi connectivity index (χ2n) is 4.54. The van der Waals surface area contributed by atoms with E-state index in [1.807, 2.05) is 18.7 Å². The summed E-state index contributed by atoms with van der Waals surface area (Å²) in [6.45, 7) is 4.43. The van der Waals surface area contributed by atoms with Crippen molar-refractivity contribution in [2.45, 2.75) is 32.7 Å². The summed E-state index contributed by atoms with van der Waals surface area (Å²) in [4.78, 5) is 26.8. The molecule has 0 radical (unpaired) electrons. The van der Waals surface area contributed by atoms with Crippen LogP contribution in [0.15, 0.2) is 16.7 Å². The lowest BCUT2D eigenvalue weighted by Gasteiger charge is -2.28. The summed E-state index contributed by atoms with van der Waals surface area (Å²) in [6, 6.07) is 1.50. The van der Waals surface area contributed by atoms with E-state index in [0.717, 1.165) is 0 Å². The average molecular weight is 346 g/mol. The number of hydrogen-bond donors (Lipinski definition) is 1. The number of carboxylic acid groups (broad SMARTS) is 1. The molecule has 0 aliphatic carbocycles. The Morgan fingerprint density at radius 1 is 1.60 bits per heavy atom. The molecule has 8 heteroatoms. The van der Waals surface area contributed by atoms with Crippen molar-refractivity contribution in [1.29, 1.82) is 0 Å². The van der Waals surface area contributed by atoms with Crippen LogP contribution in [0.25, 0.3) is 0 Å². The lowest BCUT2D eigenvalue weighted by atomic mass is 10.2. The van der Waals surface area contributed by atoms with Crippen LogP contribution in [-0.4, -0.2) is 33.6 Å². The van der Waals surface area contributed by atoms with Crippen molar-refractivity contribution >= 4 is 33.4 Å². The van der Waals surface area contributed by atoms with E-state index >= 15 is 0 Å². The zero-order valence-corrected chi connectivity index (χ0v) is 12.8. The Morgan fingerprint density at radius 2 is 2.25 bits per heavy atom. The first-order valence-electron chi connectivity index (χ1n) is 6.11. The molecule has 0 unspecified atom stereocenters. The summed E-state index contributed by atoms with van der Waals surface area (Å²) in [5.74, 6) is -0.264. The Labute approximate surface area is 124 Å². The maximum absolute atomic E-state index is 10.7. The fraction of sp³-hybridized carbons (Fsp3) is 0.500. The highest BCUT2D eigenvalue weighted by molar-refractivity contribution is 9.10. The van der Waals surface area contributed by atoms with Gasteiger partial charge in [0.25, 0.3) is 5.69 Å². The molecule has 0 saturated heterocycles. The van der Waals surface area contributed by atoms with Crippen LogP contribution in [0.3, 0.4) is 0 Å². The van der Waals surface area contributed by atoms with Crippen LogP contribution in [-0.2, 0) is 4.79 Å². The Bertz CT molecular complexity index is 507. The number of nitro groups is 1. The highest BCUT2D eigenvalue weighted by Crippen LogP contribution is 2.28. The second kappa shape index (κ2) is 7.18. The first-order valence-corrected chi connectivity index (χ1v) is 6.90. The molecule has 20 heavy (non-hydrogen) atoms. The van der Waals surface area contributed by atoms with Gasteiger partial charge in [-0.05, 0) is 36.2 Å². The molecule has 0 bridgehead atoms. The number of carboxylic acids is 1. The summed E-state index contributed by atoms with van der Waals surface area (Å²) >= 11 is 3.28. The molecule has 1 rings (SSSR count). The maximum atomic E-state index is 10.7. The van der Waals surface area contributed by atoms with Crippen molar-refractivity contribution in [2.24, 2.45) is 0 Å². The molecule has 0 aliphatic rings. The third kappa shape index (κ3) is 4.44. The molecule has 110 valence electrons. The van der Waals surface area contributed by atoms with Gasteiger partial charge in [-0.25, -0.2) is 4.98 Å². The monoisotopic (exact) mass is 345 g/mol. The van der Waals surface area contributed by atoms with Gasteiger partial charge in [0.1, 0.15) is 12.0 Å². The number of aromatic nitrogens is 1. The van der Waals surface area contributed by atoms with Gasteiger partial charge in [-0.15, -0.1) is 0 Å². The van der Waals surface area contributed by atoms with Gasteiger partial charge in [0.15, 0.2) is 0 Å². The quantitative estimate of drug-likeness (QED) is 0.602. The van der Waals surface area contributed by atoms with Gasteiger partial charge in [0, 0.05) is 25.1 Å². The Balaban J connectivity index is 2.91. The predicted octanol–water partition coefficient (Wildman–Crippen LogP) is 2.83. The van der Waals surface area contributed by atoms with Crippen LogP contribution in [0.5, 0.6) is 0 Å². The minimum Gasteiger partial charge on any atom is -0.481 e. The number of halogens is 1. The third-order valence-corrected chi connectivity index (χ3v) is 3.29. The molecule has 0 amide bonds. The minimum absolute atomic E-state index is 0.0772. The standard InChI is InChI=1S/C12H16BrN3O4/c1-8(2)15(5-3-4-11(17)18)12-10(13)6-9(7-14-12)16(19)20/h6-8H,3-5H2,1-2H3,(H,17,18). The Hall–Kier alpha value is -1.70. The lowest BCUT2D eigenvalue weighted by molar-refractivity contribution is -0.385. The summed E-state index contributed by atoms with van der Waals surface area (Å²) in [6.07, 6.45) is 1.76. The molecule has 7 nitrogen and oxygen atoms in total. The summed E-state index contributed by atoms with van der Waals surface area (Å²) < 4.78 is 0.524. The summed E-state index contributed by atoms with van der Waals surface area (Å²) in [5, 5.41) is 19.4. The third-order valence-electron chi connectivity index (χ3n) is 2.70. The van der Waals surface area contributed by atoms with Crippen molar-refractivity contribution in [3.8, 4) is 0 Å². The van der Waals surface area contributed by atoms with Crippen molar-refractivity contribution < 1.29 is 14.8 Å². The fourth-order valence-corrected chi connectivity index (χ4v) is 2.31. The molecule has 0 aliphatic heterocycles. The number of anilines is 1. The number of hydrogen-bond acceptors (Lipinski definition) is 5. The number of nitrogens with zero attached hydrogens (tertiary/aromatic N) is 3. The first kappa shape index (κ1) is 16.4.